The summed E-state index contributed by atoms with van der Waals surface area (Å²) in [6, 6.07) is 18.1. The molecule has 6 nitrogen and oxygen atoms in total. The van der Waals surface area contributed by atoms with Crippen molar-refractivity contribution in [1.29, 1.82) is 0 Å². The first-order chi connectivity index (χ1) is 16.1. The Bertz CT molecular complexity index is 1190. The molecule has 2 aliphatic rings. The van der Waals surface area contributed by atoms with Crippen LogP contribution < -0.4 is 4.74 Å². The van der Waals surface area contributed by atoms with Crippen LogP contribution in [-0.4, -0.2) is 38.5 Å². The molecule has 1 saturated carbocycles. The van der Waals surface area contributed by atoms with Crippen molar-refractivity contribution >= 4 is 5.97 Å². The van der Waals surface area contributed by atoms with Crippen LogP contribution in [0.5, 0.6) is 5.75 Å². The number of hydrogen-bond acceptors (Lipinski definition) is 5. The van der Waals surface area contributed by atoms with Crippen molar-refractivity contribution in [1.82, 2.24) is 14.9 Å². The van der Waals surface area contributed by atoms with Gasteiger partial charge in [-0.15, -0.1) is 0 Å². The number of aromatic nitrogens is 2. The Kier molecular flexibility index (Phi) is 6.05. The number of ether oxygens (including phenoxy) is 1. The second-order valence-corrected chi connectivity index (χ2v) is 8.60. The maximum Gasteiger partial charge on any atom is 0.306 e. The van der Waals surface area contributed by atoms with Gasteiger partial charge in [-0.1, -0.05) is 36.3 Å². The smallest absolute Gasteiger partial charge is 0.306 e. The predicted octanol–water partition coefficient (Wildman–Crippen LogP) is 3.68. The van der Waals surface area contributed by atoms with E-state index in [9.17, 15) is 4.79 Å². The first-order valence-electron chi connectivity index (χ1n) is 11.2. The number of carboxylic acid groups (broad SMARTS) is 1. The van der Waals surface area contributed by atoms with Crippen molar-refractivity contribution in [2.24, 2.45) is 5.92 Å². The lowest BCUT2D eigenvalue weighted by atomic mass is 9.78. The lowest BCUT2D eigenvalue weighted by molar-refractivity contribution is -0.147. The van der Waals surface area contributed by atoms with Crippen LogP contribution in [0.2, 0.25) is 0 Å². The van der Waals surface area contributed by atoms with Gasteiger partial charge >= 0.3 is 5.97 Å². The Balaban J connectivity index is 1.18. The fourth-order valence-corrected chi connectivity index (χ4v) is 4.30. The summed E-state index contributed by atoms with van der Waals surface area (Å²) in [5.74, 6) is 6.68. The predicted molar refractivity (Wildman–Crippen MR) is 123 cm³/mol. The summed E-state index contributed by atoms with van der Waals surface area (Å²) in [5, 5.41) is 9.09. The largest absolute Gasteiger partial charge is 0.489 e. The van der Waals surface area contributed by atoms with E-state index in [1.165, 1.54) is 0 Å². The first-order valence-corrected chi connectivity index (χ1v) is 11.2. The monoisotopic (exact) mass is 439 g/mol. The number of carbonyl (C=O) groups is 1. The SMILES string of the molecule is O=C(O)C1CC(N2CCc3nc(C#Cc4ccc(OCc5ccccc5)cc4)ncc3C2)C1. The molecule has 0 atom stereocenters. The molecule has 0 bridgehead atoms. The lowest BCUT2D eigenvalue weighted by Crippen LogP contribution is -2.48. The molecule has 0 radical (unpaired) electrons. The molecule has 1 fully saturated rings. The molecule has 33 heavy (non-hydrogen) atoms. The topological polar surface area (TPSA) is 75.5 Å². The van der Waals surface area contributed by atoms with Crippen LogP contribution in [0.15, 0.2) is 60.8 Å². The molecule has 3 aromatic rings. The number of nitrogens with zero attached hydrogens (tertiary/aromatic N) is 3. The molecule has 1 aliphatic carbocycles. The van der Waals surface area contributed by atoms with E-state index in [1.54, 1.807) is 0 Å². The lowest BCUT2D eigenvalue weighted by Gasteiger charge is -2.43. The highest BCUT2D eigenvalue weighted by Gasteiger charge is 2.38. The van der Waals surface area contributed by atoms with Gasteiger partial charge in [-0.25, -0.2) is 9.97 Å². The molecule has 2 aromatic carbocycles. The summed E-state index contributed by atoms with van der Waals surface area (Å²) in [5.41, 5.74) is 4.17. The number of fused-ring (bicyclic) bond motifs is 1. The van der Waals surface area contributed by atoms with Gasteiger partial charge < -0.3 is 9.84 Å². The molecule has 0 unspecified atom stereocenters. The van der Waals surface area contributed by atoms with E-state index < -0.39 is 5.97 Å². The molecule has 6 heteroatoms. The van der Waals surface area contributed by atoms with E-state index >= 15 is 0 Å². The summed E-state index contributed by atoms with van der Waals surface area (Å²) in [6.45, 7) is 2.22. The minimum absolute atomic E-state index is 0.185. The Morgan fingerprint density at radius 2 is 1.88 bits per heavy atom. The van der Waals surface area contributed by atoms with Crippen LogP contribution in [0.4, 0.5) is 0 Å². The Labute approximate surface area is 193 Å². The van der Waals surface area contributed by atoms with Gasteiger partial charge in [0.15, 0.2) is 0 Å². The van der Waals surface area contributed by atoms with Gasteiger partial charge in [0.05, 0.1) is 11.6 Å². The van der Waals surface area contributed by atoms with Crippen LogP contribution in [-0.2, 0) is 24.4 Å². The minimum Gasteiger partial charge on any atom is -0.489 e. The van der Waals surface area contributed by atoms with Gasteiger partial charge in [0.25, 0.3) is 0 Å². The maximum atomic E-state index is 11.1. The molecular weight excluding hydrogens is 414 g/mol. The summed E-state index contributed by atoms with van der Waals surface area (Å²) in [4.78, 5) is 22.5. The zero-order valence-corrected chi connectivity index (χ0v) is 18.3. The van der Waals surface area contributed by atoms with Gasteiger partial charge in [0.1, 0.15) is 12.4 Å². The third-order valence-corrected chi connectivity index (χ3v) is 6.36. The number of benzene rings is 2. The number of carboxylic acids is 1. The average molecular weight is 440 g/mol. The molecule has 0 saturated heterocycles. The normalized spacial score (nSPS) is 19.5. The molecule has 2 heterocycles. The molecule has 1 aromatic heterocycles. The Hall–Kier alpha value is -3.69. The second-order valence-electron chi connectivity index (χ2n) is 8.60. The standard InChI is InChI=1S/C27H25N3O3/c31-27(32)21-14-23(15-21)30-13-12-25-22(17-30)16-28-26(29-25)11-8-19-6-9-24(10-7-19)33-18-20-4-2-1-3-5-20/h1-7,9-10,16,21,23H,12-15,17-18H2,(H,31,32). The van der Waals surface area contributed by atoms with Crippen LogP contribution in [0.25, 0.3) is 0 Å². The molecule has 1 N–H and O–H groups in total. The highest BCUT2D eigenvalue weighted by atomic mass is 16.5. The van der Waals surface area contributed by atoms with Crippen molar-refractivity contribution in [3.63, 3.8) is 0 Å². The van der Waals surface area contributed by atoms with Gasteiger partial charge in [-0.05, 0) is 48.6 Å². The fraction of sp³-hybridized carbons (Fsp3) is 0.296. The first kappa shape index (κ1) is 21.2. The van der Waals surface area contributed by atoms with Gasteiger partial charge in [-0.2, -0.15) is 0 Å². The molecule has 0 amide bonds. The Morgan fingerprint density at radius 3 is 2.64 bits per heavy atom. The number of aliphatic carboxylic acids is 1. The summed E-state index contributed by atoms with van der Waals surface area (Å²) in [7, 11) is 0. The summed E-state index contributed by atoms with van der Waals surface area (Å²) in [6.07, 6.45) is 4.19. The number of rotatable bonds is 5. The van der Waals surface area contributed by atoms with Crippen molar-refractivity contribution in [2.75, 3.05) is 6.54 Å². The van der Waals surface area contributed by atoms with Crippen LogP contribution in [0.3, 0.4) is 0 Å². The van der Waals surface area contributed by atoms with E-state index in [-0.39, 0.29) is 5.92 Å². The van der Waals surface area contributed by atoms with Crippen molar-refractivity contribution in [2.45, 2.75) is 38.5 Å². The molecule has 0 spiro atoms. The van der Waals surface area contributed by atoms with Crippen molar-refractivity contribution in [3.05, 3.63) is 89.0 Å². The van der Waals surface area contributed by atoms with E-state index in [2.05, 4.69) is 26.7 Å². The molecule has 166 valence electrons. The van der Waals surface area contributed by atoms with E-state index in [0.717, 1.165) is 60.5 Å². The van der Waals surface area contributed by atoms with Crippen molar-refractivity contribution in [3.8, 4) is 17.6 Å². The average Bonchev–Trinajstić information content (AvgIpc) is 2.81. The van der Waals surface area contributed by atoms with Gasteiger partial charge in [0, 0.05) is 42.9 Å². The third-order valence-electron chi connectivity index (χ3n) is 6.36. The number of hydrogen-bond donors (Lipinski definition) is 1. The highest BCUT2D eigenvalue weighted by Crippen LogP contribution is 2.34. The quantitative estimate of drug-likeness (QED) is 0.612. The van der Waals surface area contributed by atoms with Crippen LogP contribution in [0, 0.1) is 17.8 Å². The second kappa shape index (κ2) is 9.43. The third kappa shape index (κ3) is 5.05. The zero-order valence-electron chi connectivity index (χ0n) is 18.3. The Morgan fingerprint density at radius 1 is 1.09 bits per heavy atom. The van der Waals surface area contributed by atoms with Gasteiger partial charge in [0.2, 0.25) is 5.82 Å². The molecule has 5 rings (SSSR count). The summed E-state index contributed by atoms with van der Waals surface area (Å²) >= 11 is 0. The van der Waals surface area contributed by atoms with E-state index in [4.69, 9.17) is 9.84 Å². The van der Waals surface area contributed by atoms with Crippen LogP contribution >= 0.6 is 0 Å². The maximum absolute atomic E-state index is 11.1. The minimum atomic E-state index is -0.676. The molecular formula is C27H25N3O3. The van der Waals surface area contributed by atoms with Crippen molar-refractivity contribution < 1.29 is 14.6 Å². The highest BCUT2D eigenvalue weighted by molar-refractivity contribution is 5.71. The van der Waals surface area contributed by atoms with E-state index in [0.29, 0.717) is 18.5 Å². The zero-order chi connectivity index (χ0) is 22.6. The van der Waals surface area contributed by atoms with Gasteiger partial charge in [-0.3, -0.25) is 9.69 Å². The summed E-state index contributed by atoms with van der Waals surface area (Å²) < 4.78 is 5.82. The molecule has 1 aliphatic heterocycles. The van der Waals surface area contributed by atoms with Crippen LogP contribution in [0.1, 0.15) is 41.1 Å². The fourth-order valence-electron chi connectivity index (χ4n) is 4.30. The van der Waals surface area contributed by atoms with E-state index in [1.807, 2.05) is 60.8 Å².